The van der Waals surface area contributed by atoms with Crippen LogP contribution in [0.15, 0.2) is 42.7 Å². The zero-order valence-electron chi connectivity index (χ0n) is 15.9. The van der Waals surface area contributed by atoms with Gasteiger partial charge in [0.25, 0.3) is 5.91 Å². The number of piperazine rings is 1. The highest BCUT2D eigenvalue weighted by atomic mass is 16.2. The number of anilines is 2. The Balaban J connectivity index is 1.36. The van der Waals surface area contributed by atoms with Gasteiger partial charge in [-0.2, -0.15) is 0 Å². The maximum Gasteiger partial charge on any atom is 0.255 e. The molecule has 27 heavy (non-hydrogen) atoms. The third-order valence-electron chi connectivity index (χ3n) is 5.52. The van der Waals surface area contributed by atoms with Gasteiger partial charge in [0.05, 0.1) is 5.56 Å². The Morgan fingerprint density at radius 2 is 1.78 bits per heavy atom. The fourth-order valence-electron chi connectivity index (χ4n) is 3.96. The second-order valence-corrected chi connectivity index (χ2v) is 7.57. The molecule has 0 saturated carbocycles. The van der Waals surface area contributed by atoms with Gasteiger partial charge in [-0.05, 0) is 43.0 Å². The predicted molar refractivity (Wildman–Crippen MR) is 107 cm³/mol. The first-order valence-electron chi connectivity index (χ1n) is 9.87. The molecule has 0 aliphatic carbocycles. The lowest BCUT2D eigenvalue weighted by atomic mass is 10.0. The number of hydrogen-bond donors (Lipinski definition) is 0. The maximum absolute atomic E-state index is 12.8. The van der Waals surface area contributed by atoms with Gasteiger partial charge in [-0.15, -0.1) is 0 Å². The van der Waals surface area contributed by atoms with Gasteiger partial charge in [-0.25, -0.2) is 9.97 Å². The second kappa shape index (κ2) is 7.94. The Morgan fingerprint density at radius 1 is 0.963 bits per heavy atom. The molecule has 2 fully saturated rings. The predicted octanol–water partition coefficient (Wildman–Crippen LogP) is 2.68. The molecule has 0 N–H and O–H groups in total. The van der Waals surface area contributed by atoms with Gasteiger partial charge in [0.2, 0.25) is 0 Å². The number of piperidine rings is 1. The van der Waals surface area contributed by atoms with Crippen LogP contribution in [0.5, 0.6) is 0 Å². The van der Waals surface area contributed by atoms with Crippen molar-refractivity contribution < 1.29 is 4.79 Å². The van der Waals surface area contributed by atoms with Crippen molar-refractivity contribution in [2.24, 2.45) is 5.92 Å². The van der Waals surface area contributed by atoms with Crippen LogP contribution in [0.25, 0.3) is 0 Å². The quantitative estimate of drug-likeness (QED) is 0.837. The minimum Gasteiger partial charge on any atom is -0.356 e. The highest BCUT2D eigenvalue weighted by molar-refractivity contribution is 5.94. The van der Waals surface area contributed by atoms with Crippen molar-refractivity contribution in [3.05, 3.63) is 48.3 Å². The van der Waals surface area contributed by atoms with Crippen LogP contribution in [0.2, 0.25) is 0 Å². The fourth-order valence-corrected chi connectivity index (χ4v) is 3.96. The van der Waals surface area contributed by atoms with E-state index in [-0.39, 0.29) is 5.91 Å². The number of pyridine rings is 2. The van der Waals surface area contributed by atoms with Crippen LogP contribution in [-0.4, -0.2) is 60.0 Å². The Labute approximate surface area is 160 Å². The first-order chi connectivity index (χ1) is 13.2. The first kappa shape index (κ1) is 17.8. The summed E-state index contributed by atoms with van der Waals surface area (Å²) in [6, 6.07) is 9.85. The van der Waals surface area contributed by atoms with Gasteiger partial charge in [-0.3, -0.25) is 4.79 Å². The summed E-state index contributed by atoms with van der Waals surface area (Å²) >= 11 is 0. The standard InChI is InChI=1S/C21H27N5O/c1-17-5-4-10-26(16-17)20-8-7-18(15-23-20)21(27)25-13-11-24(12-14-25)19-6-2-3-9-22-19/h2-3,6-9,15,17H,4-5,10-14,16H2,1H3. The van der Waals surface area contributed by atoms with Crippen LogP contribution >= 0.6 is 0 Å². The van der Waals surface area contributed by atoms with Crippen molar-refractivity contribution in [3.8, 4) is 0 Å². The zero-order chi connectivity index (χ0) is 18.6. The Hall–Kier alpha value is -2.63. The molecular weight excluding hydrogens is 338 g/mol. The number of carbonyl (C=O) groups is 1. The third kappa shape index (κ3) is 4.04. The molecule has 0 radical (unpaired) electrons. The number of hydrogen-bond acceptors (Lipinski definition) is 5. The Bertz CT molecular complexity index is 756. The monoisotopic (exact) mass is 365 g/mol. The topological polar surface area (TPSA) is 52.6 Å². The summed E-state index contributed by atoms with van der Waals surface area (Å²) in [5, 5.41) is 0. The molecule has 4 rings (SSSR count). The van der Waals surface area contributed by atoms with Crippen molar-refractivity contribution in [2.45, 2.75) is 19.8 Å². The van der Waals surface area contributed by atoms with Gasteiger partial charge in [0.15, 0.2) is 0 Å². The minimum atomic E-state index is 0.0710. The largest absolute Gasteiger partial charge is 0.356 e. The molecule has 6 heteroatoms. The summed E-state index contributed by atoms with van der Waals surface area (Å²) < 4.78 is 0. The molecular formula is C21H27N5O. The molecule has 2 saturated heterocycles. The van der Waals surface area contributed by atoms with Crippen LogP contribution in [0.3, 0.4) is 0 Å². The smallest absolute Gasteiger partial charge is 0.255 e. The van der Waals surface area contributed by atoms with E-state index in [0.717, 1.165) is 37.8 Å². The van der Waals surface area contributed by atoms with E-state index in [9.17, 15) is 4.79 Å². The van der Waals surface area contributed by atoms with Crippen LogP contribution in [-0.2, 0) is 0 Å². The second-order valence-electron chi connectivity index (χ2n) is 7.57. The molecule has 1 unspecified atom stereocenters. The molecule has 0 aromatic carbocycles. The van der Waals surface area contributed by atoms with Gasteiger partial charge < -0.3 is 14.7 Å². The molecule has 2 aliphatic heterocycles. The summed E-state index contributed by atoms with van der Waals surface area (Å²) in [4.78, 5) is 28.3. The number of amides is 1. The van der Waals surface area contributed by atoms with Crippen LogP contribution < -0.4 is 9.80 Å². The molecule has 0 bridgehead atoms. The number of carbonyl (C=O) groups excluding carboxylic acids is 1. The van der Waals surface area contributed by atoms with Crippen molar-refractivity contribution in [2.75, 3.05) is 49.1 Å². The van der Waals surface area contributed by atoms with Crippen LogP contribution in [0.1, 0.15) is 30.1 Å². The average molecular weight is 365 g/mol. The summed E-state index contributed by atoms with van der Waals surface area (Å²) in [7, 11) is 0. The highest BCUT2D eigenvalue weighted by Crippen LogP contribution is 2.22. The minimum absolute atomic E-state index is 0.0710. The normalized spacial score (nSPS) is 20.6. The SMILES string of the molecule is CC1CCCN(c2ccc(C(=O)N3CCN(c4ccccn4)CC3)cn2)C1. The molecule has 6 nitrogen and oxygen atoms in total. The van der Waals surface area contributed by atoms with E-state index in [4.69, 9.17) is 0 Å². The summed E-state index contributed by atoms with van der Waals surface area (Å²) in [5.74, 6) is 2.74. The number of rotatable bonds is 3. The van der Waals surface area contributed by atoms with Gasteiger partial charge >= 0.3 is 0 Å². The van der Waals surface area contributed by atoms with E-state index >= 15 is 0 Å². The van der Waals surface area contributed by atoms with E-state index in [2.05, 4.69) is 26.7 Å². The molecule has 1 amide bonds. The lowest BCUT2D eigenvalue weighted by Gasteiger charge is -2.35. The first-order valence-corrected chi connectivity index (χ1v) is 9.87. The van der Waals surface area contributed by atoms with E-state index in [1.165, 1.54) is 12.8 Å². The molecule has 142 valence electrons. The van der Waals surface area contributed by atoms with E-state index in [1.807, 2.05) is 41.4 Å². The Kier molecular flexibility index (Phi) is 5.23. The molecule has 4 heterocycles. The van der Waals surface area contributed by atoms with Gasteiger partial charge in [0.1, 0.15) is 11.6 Å². The van der Waals surface area contributed by atoms with Crippen molar-refractivity contribution >= 4 is 17.5 Å². The summed E-state index contributed by atoms with van der Waals surface area (Å²) in [5.41, 5.74) is 0.676. The van der Waals surface area contributed by atoms with Crippen molar-refractivity contribution in [1.29, 1.82) is 0 Å². The molecule has 2 aliphatic rings. The molecule has 1 atom stereocenters. The molecule has 2 aromatic rings. The van der Waals surface area contributed by atoms with E-state index in [1.54, 1.807) is 6.20 Å². The molecule has 0 spiro atoms. The third-order valence-corrected chi connectivity index (χ3v) is 5.52. The van der Waals surface area contributed by atoms with E-state index < -0.39 is 0 Å². The number of nitrogens with zero attached hydrogens (tertiary/aromatic N) is 5. The average Bonchev–Trinajstić information content (AvgIpc) is 2.74. The molecule has 2 aromatic heterocycles. The van der Waals surface area contributed by atoms with Gasteiger partial charge in [-0.1, -0.05) is 13.0 Å². The summed E-state index contributed by atoms with van der Waals surface area (Å²) in [6.45, 7) is 7.42. The van der Waals surface area contributed by atoms with Crippen molar-refractivity contribution in [1.82, 2.24) is 14.9 Å². The lowest BCUT2D eigenvalue weighted by molar-refractivity contribution is 0.0746. The van der Waals surface area contributed by atoms with Crippen LogP contribution in [0.4, 0.5) is 11.6 Å². The zero-order valence-corrected chi connectivity index (χ0v) is 15.9. The van der Waals surface area contributed by atoms with E-state index in [0.29, 0.717) is 24.6 Å². The maximum atomic E-state index is 12.8. The lowest BCUT2D eigenvalue weighted by Crippen LogP contribution is -2.49. The summed E-state index contributed by atoms with van der Waals surface area (Å²) in [6.07, 6.45) is 6.05. The highest BCUT2D eigenvalue weighted by Gasteiger charge is 2.23. The van der Waals surface area contributed by atoms with Gasteiger partial charge in [0, 0.05) is 51.7 Å². The number of aromatic nitrogens is 2. The Morgan fingerprint density at radius 3 is 2.44 bits per heavy atom. The fraction of sp³-hybridized carbons (Fsp3) is 0.476. The van der Waals surface area contributed by atoms with Crippen molar-refractivity contribution in [3.63, 3.8) is 0 Å². The van der Waals surface area contributed by atoms with Crippen LogP contribution in [0, 0.1) is 5.92 Å².